The van der Waals surface area contributed by atoms with Crippen LogP contribution in [0.15, 0.2) is 12.4 Å². The largest absolute Gasteiger partial charge is 0.490 e. The van der Waals surface area contributed by atoms with Gasteiger partial charge in [-0.3, -0.25) is 4.79 Å². The lowest BCUT2D eigenvalue weighted by molar-refractivity contribution is -0.192. The monoisotopic (exact) mass is 432 g/mol. The van der Waals surface area contributed by atoms with E-state index in [1.807, 2.05) is 28.9 Å². The van der Waals surface area contributed by atoms with Crippen molar-refractivity contribution in [3.63, 3.8) is 0 Å². The Hall–Kier alpha value is -2.79. The molecule has 1 aromatic rings. The molecule has 9 nitrogen and oxygen atoms in total. The fraction of sp³-hybridized carbons (Fsp3) is 0.667. The zero-order valence-electron chi connectivity index (χ0n) is 16.2. The lowest BCUT2D eigenvalue weighted by Crippen LogP contribution is -2.53. The van der Waals surface area contributed by atoms with Gasteiger partial charge in [0.05, 0.1) is 5.41 Å². The number of nitrogens with zero attached hydrogens (tertiary/aromatic N) is 3. The van der Waals surface area contributed by atoms with E-state index in [2.05, 4.69) is 10.3 Å². The fourth-order valence-electron chi connectivity index (χ4n) is 4.32. The number of aryl methyl sites for hydroxylation is 1. The van der Waals surface area contributed by atoms with Crippen molar-refractivity contribution in [3.8, 4) is 0 Å². The molecule has 1 saturated heterocycles. The number of likely N-dealkylation sites (tertiary alicyclic amines) is 1. The summed E-state index contributed by atoms with van der Waals surface area (Å²) in [7, 11) is 2.00. The summed E-state index contributed by atoms with van der Waals surface area (Å²) >= 11 is 0. The summed E-state index contributed by atoms with van der Waals surface area (Å²) in [6, 6.07) is 0.00467. The summed E-state index contributed by atoms with van der Waals surface area (Å²) < 4.78 is 33.8. The molecule has 0 spiro atoms. The molecule has 2 heterocycles. The molecule has 1 aliphatic heterocycles. The Morgan fingerprint density at radius 2 is 1.80 bits per heavy atom. The number of nitrogens with one attached hydrogen (secondary N) is 1. The number of piperidine rings is 1. The number of carbonyl (C=O) groups is 3. The van der Waals surface area contributed by atoms with Gasteiger partial charge in [0.15, 0.2) is 0 Å². The van der Waals surface area contributed by atoms with E-state index < -0.39 is 23.5 Å². The van der Waals surface area contributed by atoms with Crippen molar-refractivity contribution in [2.75, 3.05) is 13.1 Å². The van der Waals surface area contributed by atoms with Gasteiger partial charge in [-0.25, -0.2) is 14.6 Å². The molecule has 2 saturated carbocycles. The normalized spacial score (nSPS) is 27.8. The number of fused-ring (bicyclic) bond motifs is 1. The Kier molecular flexibility index (Phi) is 5.70. The number of urea groups is 1. The van der Waals surface area contributed by atoms with Crippen LogP contribution in [-0.4, -0.2) is 67.9 Å². The number of aliphatic carboxylic acids is 2. The highest BCUT2D eigenvalue weighted by atomic mass is 19.4. The van der Waals surface area contributed by atoms with E-state index >= 15 is 0 Å². The topological polar surface area (TPSA) is 125 Å². The molecular formula is C18H23F3N4O5. The van der Waals surface area contributed by atoms with Gasteiger partial charge in [0.25, 0.3) is 0 Å². The highest BCUT2D eigenvalue weighted by Crippen LogP contribution is 2.67. The summed E-state index contributed by atoms with van der Waals surface area (Å²) in [5.41, 5.74) is -0.511. The van der Waals surface area contributed by atoms with E-state index in [0.29, 0.717) is 18.8 Å². The van der Waals surface area contributed by atoms with Gasteiger partial charge in [0.1, 0.15) is 5.82 Å². The molecule has 1 aromatic heterocycles. The Balaban J connectivity index is 0.000000318. The second kappa shape index (κ2) is 7.80. The second-order valence-electron chi connectivity index (χ2n) is 7.99. The number of amides is 2. The van der Waals surface area contributed by atoms with Crippen LogP contribution in [0, 0.1) is 11.3 Å². The third-order valence-corrected chi connectivity index (χ3v) is 6.19. The molecular weight excluding hydrogens is 409 g/mol. The first-order chi connectivity index (χ1) is 14.0. The number of halogens is 3. The summed E-state index contributed by atoms with van der Waals surface area (Å²) in [6.45, 7) is 1.45. The van der Waals surface area contributed by atoms with E-state index in [-0.39, 0.29) is 18.0 Å². The maximum absolute atomic E-state index is 12.3. The molecule has 0 radical (unpaired) electrons. The maximum Gasteiger partial charge on any atom is 0.490 e. The van der Waals surface area contributed by atoms with Crippen molar-refractivity contribution >= 4 is 18.0 Å². The standard InChI is InChI=1S/C16H22N4O3.C2HF3O2/c1-19-7-4-17-13(19)10-2-5-20(6-3-10)15(23)18-12-9-16(14(21)22)8-11(12)16;3-2(4,5)1(6)7/h4,7,10-12H,2-3,5-6,8-9H2,1H3,(H,18,23)(H,21,22);(H,6,7)/t11-,12-,16-;/m1./s1. The number of carboxylic acids is 2. The number of hydrogen-bond donors (Lipinski definition) is 3. The summed E-state index contributed by atoms with van der Waals surface area (Å²) in [4.78, 5) is 38.6. The number of aromatic nitrogens is 2. The first-order valence-corrected chi connectivity index (χ1v) is 9.52. The van der Waals surface area contributed by atoms with Gasteiger partial charge >= 0.3 is 24.1 Å². The van der Waals surface area contributed by atoms with Gasteiger partial charge in [-0.15, -0.1) is 0 Å². The first kappa shape index (κ1) is 21.9. The first-order valence-electron chi connectivity index (χ1n) is 9.52. The molecule has 3 atom stereocenters. The predicted molar refractivity (Wildman–Crippen MR) is 95.6 cm³/mol. The molecule has 3 N–H and O–H groups in total. The van der Waals surface area contributed by atoms with E-state index in [9.17, 15) is 22.8 Å². The van der Waals surface area contributed by atoms with Crippen molar-refractivity contribution < 1.29 is 37.8 Å². The highest BCUT2D eigenvalue weighted by Gasteiger charge is 2.72. The van der Waals surface area contributed by atoms with Crippen LogP contribution in [-0.2, 0) is 16.6 Å². The van der Waals surface area contributed by atoms with E-state index in [1.54, 1.807) is 0 Å². The molecule has 3 fully saturated rings. The lowest BCUT2D eigenvalue weighted by atomic mass is 9.80. The van der Waals surface area contributed by atoms with Crippen molar-refractivity contribution in [3.05, 3.63) is 18.2 Å². The van der Waals surface area contributed by atoms with E-state index in [1.165, 1.54) is 0 Å². The minimum Gasteiger partial charge on any atom is -0.481 e. The van der Waals surface area contributed by atoms with Gasteiger partial charge in [0.2, 0.25) is 0 Å². The van der Waals surface area contributed by atoms with E-state index in [4.69, 9.17) is 15.0 Å². The molecule has 3 aliphatic rings. The summed E-state index contributed by atoms with van der Waals surface area (Å²) in [6.07, 6.45) is 1.83. The Bertz CT molecular complexity index is 834. The molecule has 4 rings (SSSR count). The molecule has 0 unspecified atom stereocenters. The zero-order valence-corrected chi connectivity index (χ0v) is 16.2. The van der Waals surface area contributed by atoms with Gasteiger partial charge in [-0.2, -0.15) is 13.2 Å². The fourth-order valence-corrected chi connectivity index (χ4v) is 4.32. The van der Waals surface area contributed by atoms with Crippen LogP contribution >= 0.6 is 0 Å². The van der Waals surface area contributed by atoms with E-state index in [0.717, 1.165) is 31.8 Å². The van der Waals surface area contributed by atoms with Crippen LogP contribution in [0.5, 0.6) is 0 Å². The van der Waals surface area contributed by atoms with Crippen LogP contribution in [0.1, 0.15) is 37.4 Å². The summed E-state index contributed by atoms with van der Waals surface area (Å²) in [5, 5.41) is 19.3. The third kappa shape index (κ3) is 4.21. The Labute approximate surface area is 169 Å². The molecule has 0 aromatic carbocycles. The maximum atomic E-state index is 12.3. The van der Waals surface area contributed by atoms with Crippen LogP contribution in [0.4, 0.5) is 18.0 Å². The quantitative estimate of drug-likeness (QED) is 0.669. The number of alkyl halides is 3. The molecule has 12 heteroatoms. The van der Waals surface area contributed by atoms with Crippen LogP contribution in [0.3, 0.4) is 0 Å². The number of carboxylic acid groups (broad SMARTS) is 2. The Morgan fingerprint density at radius 3 is 2.20 bits per heavy atom. The number of carbonyl (C=O) groups excluding carboxylic acids is 1. The summed E-state index contributed by atoms with van der Waals surface area (Å²) in [5.74, 6) is -1.82. The van der Waals surface area contributed by atoms with Crippen LogP contribution in [0.2, 0.25) is 0 Å². The van der Waals surface area contributed by atoms with Crippen LogP contribution < -0.4 is 5.32 Å². The number of imidazole rings is 1. The smallest absolute Gasteiger partial charge is 0.481 e. The van der Waals surface area contributed by atoms with Crippen molar-refractivity contribution in [1.82, 2.24) is 19.8 Å². The zero-order chi connectivity index (χ0) is 22.3. The molecule has 2 aliphatic carbocycles. The molecule has 2 amide bonds. The Morgan fingerprint density at radius 1 is 1.20 bits per heavy atom. The van der Waals surface area contributed by atoms with Gasteiger partial charge in [-0.05, 0) is 31.6 Å². The average molecular weight is 432 g/mol. The SMILES string of the molecule is Cn1ccnc1C1CCN(C(=O)N[C@@H]2C[C@]3(C(=O)O)C[C@H]23)CC1.O=C(O)C(F)(F)F. The molecule has 0 bridgehead atoms. The molecule has 30 heavy (non-hydrogen) atoms. The average Bonchev–Trinajstić information content (AvgIpc) is 3.05. The minimum absolute atomic E-state index is 0.0424. The van der Waals surface area contributed by atoms with Crippen LogP contribution in [0.25, 0.3) is 0 Å². The minimum atomic E-state index is -5.08. The third-order valence-electron chi connectivity index (χ3n) is 6.19. The van der Waals surface area contributed by atoms with Gasteiger partial charge < -0.3 is 25.0 Å². The number of hydrogen-bond acceptors (Lipinski definition) is 4. The lowest BCUT2D eigenvalue weighted by Gasteiger charge is -2.36. The molecule has 166 valence electrons. The predicted octanol–water partition coefficient (Wildman–Crippen LogP) is 1.81. The van der Waals surface area contributed by atoms with Gasteiger partial charge in [0, 0.05) is 44.5 Å². The van der Waals surface area contributed by atoms with Crippen molar-refractivity contribution in [2.45, 2.75) is 43.8 Å². The van der Waals surface area contributed by atoms with Crippen molar-refractivity contribution in [1.29, 1.82) is 0 Å². The van der Waals surface area contributed by atoms with Crippen molar-refractivity contribution in [2.24, 2.45) is 18.4 Å². The second-order valence-corrected chi connectivity index (χ2v) is 7.99. The highest BCUT2D eigenvalue weighted by molar-refractivity contribution is 5.82. The van der Waals surface area contributed by atoms with Gasteiger partial charge in [-0.1, -0.05) is 0 Å². The number of rotatable bonds is 3.